The Labute approximate surface area is 82.5 Å². The van der Waals surface area contributed by atoms with Gasteiger partial charge >= 0.3 is 6.61 Å². The van der Waals surface area contributed by atoms with E-state index in [1.54, 1.807) is 0 Å². The fourth-order valence-corrected chi connectivity index (χ4v) is 0.985. The molecule has 2 nitrogen and oxygen atoms in total. The zero-order chi connectivity index (χ0) is 11.6. The second-order valence-electron chi connectivity index (χ2n) is 2.70. The first-order valence-electron chi connectivity index (χ1n) is 3.86. The second-order valence-corrected chi connectivity index (χ2v) is 2.70. The van der Waals surface area contributed by atoms with Gasteiger partial charge in [0.25, 0.3) is 0 Å². The van der Waals surface area contributed by atoms with Gasteiger partial charge in [0.1, 0.15) is 5.82 Å². The van der Waals surface area contributed by atoms with Crippen molar-refractivity contribution in [2.45, 2.75) is 13.5 Å². The summed E-state index contributed by atoms with van der Waals surface area (Å²) in [5.74, 6) is -3.94. The molecule has 0 aromatic heterocycles. The van der Waals surface area contributed by atoms with Crippen LogP contribution in [0.25, 0.3) is 0 Å². The lowest BCUT2D eigenvalue weighted by atomic mass is 10.1. The molecule has 0 saturated heterocycles. The van der Waals surface area contributed by atoms with E-state index in [1.807, 2.05) is 0 Å². The number of hydrogen-bond acceptors (Lipinski definition) is 2. The maximum Gasteiger partial charge on any atom is 0.387 e. The Kier molecular flexibility index (Phi) is 3.28. The van der Waals surface area contributed by atoms with Crippen molar-refractivity contribution in [1.82, 2.24) is 0 Å². The third-order valence-electron chi connectivity index (χ3n) is 1.62. The molecule has 0 aliphatic heterocycles. The van der Waals surface area contributed by atoms with E-state index < -0.39 is 35.3 Å². The van der Waals surface area contributed by atoms with Crippen LogP contribution < -0.4 is 4.74 Å². The first kappa shape index (κ1) is 11.5. The minimum atomic E-state index is -3.23. The fraction of sp³-hybridized carbons (Fsp3) is 0.222. The van der Waals surface area contributed by atoms with E-state index in [0.29, 0.717) is 12.1 Å². The van der Waals surface area contributed by atoms with Gasteiger partial charge in [-0.15, -0.1) is 0 Å². The summed E-state index contributed by atoms with van der Waals surface area (Å²) in [5.41, 5.74) is -0.493. The minimum Gasteiger partial charge on any atom is -0.432 e. The first-order chi connectivity index (χ1) is 6.91. The minimum absolute atomic E-state index is 0.328. The van der Waals surface area contributed by atoms with Crippen molar-refractivity contribution < 1.29 is 27.1 Å². The lowest BCUT2D eigenvalue weighted by Crippen LogP contribution is -2.06. The van der Waals surface area contributed by atoms with Gasteiger partial charge in [-0.3, -0.25) is 4.79 Å². The van der Waals surface area contributed by atoms with E-state index in [9.17, 15) is 22.4 Å². The molecule has 0 fully saturated rings. The summed E-state index contributed by atoms with van der Waals surface area (Å²) in [6.07, 6.45) is 0. The Hall–Kier alpha value is -1.59. The number of carbonyl (C=O) groups is 1. The van der Waals surface area contributed by atoms with Crippen LogP contribution in [0.3, 0.4) is 0 Å². The maximum absolute atomic E-state index is 12.9. The Morgan fingerprint density at radius 3 is 2.33 bits per heavy atom. The zero-order valence-electron chi connectivity index (χ0n) is 7.56. The maximum atomic E-state index is 12.9. The molecular formula is C9H6F4O2. The summed E-state index contributed by atoms with van der Waals surface area (Å²) < 4.78 is 53.1. The summed E-state index contributed by atoms with van der Waals surface area (Å²) >= 11 is 0. The van der Waals surface area contributed by atoms with Gasteiger partial charge in [-0.25, -0.2) is 8.78 Å². The van der Waals surface area contributed by atoms with E-state index in [-0.39, 0.29) is 0 Å². The van der Waals surface area contributed by atoms with Gasteiger partial charge in [-0.1, -0.05) is 0 Å². The van der Waals surface area contributed by atoms with Gasteiger partial charge in [0, 0.05) is 6.07 Å². The van der Waals surface area contributed by atoms with E-state index in [2.05, 4.69) is 4.74 Å². The predicted octanol–water partition coefficient (Wildman–Crippen LogP) is 2.77. The van der Waals surface area contributed by atoms with Crippen LogP contribution in [0.4, 0.5) is 17.6 Å². The van der Waals surface area contributed by atoms with Gasteiger partial charge in [0.05, 0.1) is 5.56 Å². The number of ether oxygens (including phenoxy) is 1. The van der Waals surface area contributed by atoms with E-state index in [1.165, 1.54) is 0 Å². The summed E-state index contributed by atoms with van der Waals surface area (Å²) in [6.45, 7) is -2.20. The monoisotopic (exact) mass is 222 g/mol. The summed E-state index contributed by atoms with van der Waals surface area (Å²) in [7, 11) is 0. The van der Waals surface area contributed by atoms with Crippen molar-refractivity contribution >= 4 is 5.78 Å². The lowest BCUT2D eigenvalue weighted by molar-refractivity contribution is -0.0523. The molecular weight excluding hydrogens is 216 g/mol. The highest BCUT2D eigenvalue weighted by molar-refractivity contribution is 5.94. The SMILES string of the molecule is CC(=O)c1cc(OC(F)F)c(F)cc1F. The molecule has 0 unspecified atom stereocenters. The number of carbonyl (C=O) groups excluding carboxylic acids is 1. The number of Topliss-reactive ketones (excluding diaryl/α,β-unsaturated/α-hetero) is 1. The highest BCUT2D eigenvalue weighted by Crippen LogP contribution is 2.23. The van der Waals surface area contributed by atoms with Gasteiger partial charge in [-0.05, 0) is 13.0 Å². The van der Waals surface area contributed by atoms with Crippen LogP contribution in [-0.4, -0.2) is 12.4 Å². The molecule has 82 valence electrons. The average molecular weight is 222 g/mol. The Morgan fingerprint density at radius 2 is 1.87 bits per heavy atom. The van der Waals surface area contributed by atoms with Gasteiger partial charge in [0.15, 0.2) is 17.3 Å². The van der Waals surface area contributed by atoms with E-state index in [0.717, 1.165) is 6.92 Å². The standard InChI is InChI=1S/C9H6F4O2/c1-4(14)5-2-8(15-9(12)13)7(11)3-6(5)10/h2-3,9H,1H3. The van der Waals surface area contributed by atoms with Crippen molar-refractivity contribution in [3.05, 3.63) is 29.3 Å². The Bertz CT molecular complexity index is 390. The third kappa shape index (κ3) is 2.68. The van der Waals surface area contributed by atoms with Crippen LogP contribution in [0.5, 0.6) is 5.75 Å². The van der Waals surface area contributed by atoms with E-state index >= 15 is 0 Å². The normalized spacial score (nSPS) is 10.5. The first-order valence-corrected chi connectivity index (χ1v) is 3.86. The van der Waals surface area contributed by atoms with Gasteiger partial charge in [-0.2, -0.15) is 8.78 Å². The number of rotatable bonds is 3. The van der Waals surface area contributed by atoms with Crippen molar-refractivity contribution in [3.63, 3.8) is 0 Å². The van der Waals surface area contributed by atoms with Crippen LogP contribution in [0.2, 0.25) is 0 Å². The average Bonchev–Trinajstić information content (AvgIpc) is 2.08. The van der Waals surface area contributed by atoms with Crippen LogP contribution in [-0.2, 0) is 0 Å². The molecule has 0 spiro atoms. The van der Waals surface area contributed by atoms with Gasteiger partial charge < -0.3 is 4.74 Å². The predicted molar refractivity (Wildman–Crippen MR) is 43.0 cm³/mol. The van der Waals surface area contributed by atoms with Crippen molar-refractivity contribution in [2.75, 3.05) is 0 Å². The Morgan fingerprint density at radius 1 is 1.27 bits per heavy atom. The lowest BCUT2D eigenvalue weighted by Gasteiger charge is -2.07. The van der Waals surface area contributed by atoms with Crippen LogP contribution in [0.15, 0.2) is 12.1 Å². The Balaban J connectivity index is 3.17. The second kappa shape index (κ2) is 4.29. The number of halogens is 4. The molecule has 1 rings (SSSR count). The molecule has 0 radical (unpaired) electrons. The molecule has 1 aromatic carbocycles. The third-order valence-corrected chi connectivity index (χ3v) is 1.62. The number of ketones is 1. The topological polar surface area (TPSA) is 26.3 Å². The number of alkyl halides is 2. The summed E-state index contributed by atoms with van der Waals surface area (Å²) in [4.78, 5) is 10.8. The highest BCUT2D eigenvalue weighted by atomic mass is 19.3. The van der Waals surface area contributed by atoms with E-state index in [4.69, 9.17) is 0 Å². The molecule has 6 heteroatoms. The molecule has 0 saturated carbocycles. The molecule has 0 bridgehead atoms. The molecule has 15 heavy (non-hydrogen) atoms. The quantitative estimate of drug-likeness (QED) is 0.580. The molecule has 0 heterocycles. The van der Waals surface area contributed by atoms with Crippen molar-refractivity contribution in [3.8, 4) is 5.75 Å². The molecule has 0 aliphatic carbocycles. The largest absolute Gasteiger partial charge is 0.432 e. The van der Waals surface area contributed by atoms with Crippen LogP contribution in [0, 0.1) is 11.6 Å². The zero-order valence-corrected chi connectivity index (χ0v) is 7.56. The summed E-state index contributed by atoms with van der Waals surface area (Å²) in [6, 6.07) is 0.938. The summed E-state index contributed by atoms with van der Waals surface area (Å²) in [5, 5.41) is 0. The van der Waals surface area contributed by atoms with Crippen LogP contribution in [0.1, 0.15) is 17.3 Å². The number of benzene rings is 1. The molecule has 0 atom stereocenters. The smallest absolute Gasteiger partial charge is 0.387 e. The molecule has 0 N–H and O–H groups in total. The molecule has 0 amide bonds. The highest BCUT2D eigenvalue weighted by Gasteiger charge is 2.16. The fourth-order valence-electron chi connectivity index (χ4n) is 0.985. The van der Waals surface area contributed by atoms with Crippen molar-refractivity contribution in [1.29, 1.82) is 0 Å². The molecule has 0 aliphatic rings. The number of hydrogen-bond donors (Lipinski definition) is 0. The molecule has 1 aromatic rings. The van der Waals surface area contributed by atoms with Crippen LogP contribution >= 0.6 is 0 Å². The van der Waals surface area contributed by atoms with Crippen molar-refractivity contribution in [2.24, 2.45) is 0 Å². The van der Waals surface area contributed by atoms with Gasteiger partial charge in [0.2, 0.25) is 0 Å².